The Morgan fingerprint density at radius 3 is 1.07 bits per heavy atom. The summed E-state index contributed by atoms with van der Waals surface area (Å²) in [5.74, 6) is 0. The Kier molecular flexibility index (Phi) is 15.4. The van der Waals surface area contributed by atoms with Crippen LogP contribution in [0, 0.1) is 10.8 Å². The Morgan fingerprint density at radius 1 is 0.346 bits per heavy atom. The number of aromatic nitrogens is 1. The summed E-state index contributed by atoms with van der Waals surface area (Å²) >= 11 is 3.71. The highest BCUT2D eigenvalue weighted by atomic mass is 32.1. The van der Waals surface area contributed by atoms with Crippen molar-refractivity contribution in [3.05, 3.63) is 349 Å². The summed E-state index contributed by atoms with van der Waals surface area (Å²) in [5, 5.41) is 27.0. The first kappa shape index (κ1) is 64.2. The van der Waals surface area contributed by atoms with Gasteiger partial charge in [0.1, 0.15) is 0 Å². The van der Waals surface area contributed by atoms with Crippen molar-refractivity contribution in [2.75, 3.05) is 9.80 Å². The number of hydrogen-bond acceptors (Lipinski definition) is 6. The number of thiophene rings is 2. The number of para-hydroxylation sites is 2. The Hall–Kier alpha value is -11.9. The lowest BCUT2D eigenvalue weighted by Gasteiger charge is -2.46. The van der Waals surface area contributed by atoms with E-state index in [4.69, 9.17) is 13.2 Å². The summed E-state index contributed by atoms with van der Waals surface area (Å²) in [6.45, 7) is 23.7. The van der Waals surface area contributed by atoms with E-state index in [9.17, 15) is 10.8 Å². The van der Waals surface area contributed by atoms with Gasteiger partial charge in [-0.15, -0.1) is 22.7 Å². The molecule has 0 atom stereocenters. The van der Waals surface area contributed by atoms with Gasteiger partial charge in [0.25, 0.3) is 6.71 Å². The lowest BCUT2D eigenvalue weighted by molar-refractivity contribution is 0.591. The average molecular weight is 1370 g/mol. The van der Waals surface area contributed by atoms with E-state index in [1.165, 1.54) is 63.9 Å². The molecule has 0 radical (unpaired) electrons. The number of rotatable bonds is 13. The maximum absolute atomic E-state index is 9.83. The molecule has 5 nitrogen and oxygen atoms in total. The van der Waals surface area contributed by atoms with Gasteiger partial charge in [0, 0.05) is 97.4 Å². The van der Waals surface area contributed by atoms with E-state index in [-0.39, 0.29) is 10.8 Å². The van der Waals surface area contributed by atoms with Crippen molar-refractivity contribution >= 4 is 165 Å². The van der Waals surface area contributed by atoms with E-state index in [2.05, 4.69) is 335 Å². The highest BCUT2D eigenvalue weighted by Gasteiger charge is 2.46. The third-order valence-corrected chi connectivity index (χ3v) is 23.8. The molecule has 0 saturated heterocycles. The molecular weight excluding hydrogens is 1300 g/mol. The molecule has 498 valence electrons. The third kappa shape index (κ3) is 10.6. The molecule has 13 aromatic carbocycles. The maximum Gasteiger partial charge on any atom is 0.252 e. The summed E-state index contributed by atoms with van der Waals surface area (Å²) < 4.78 is 7.49. The molecule has 2 aliphatic rings. The van der Waals surface area contributed by atoms with Crippen LogP contribution in [0.25, 0.3) is 112 Å². The minimum Gasteiger partial charge on any atom is -0.310 e. The fraction of sp³-hybridized carbons (Fsp3) is 0.0833. The minimum absolute atomic E-state index is 0.0260. The van der Waals surface area contributed by atoms with Crippen LogP contribution in [0.4, 0.5) is 22.7 Å². The predicted molar refractivity (Wildman–Crippen MR) is 452 cm³/mol. The Morgan fingerprint density at radius 2 is 0.683 bits per heavy atom. The molecule has 2 N–H and O–H groups in total. The number of fused-ring (bicyclic) bond motifs is 13. The smallest absolute Gasteiger partial charge is 0.252 e. The second-order valence-corrected chi connectivity index (χ2v) is 31.9. The first-order chi connectivity index (χ1) is 50.6. The van der Waals surface area contributed by atoms with Crippen molar-refractivity contribution < 1.29 is 0 Å². The largest absolute Gasteiger partial charge is 0.310 e. The van der Waals surface area contributed by atoms with Crippen molar-refractivity contribution in [3.8, 4) is 27.9 Å². The molecule has 18 rings (SSSR count). The molecule has 0 fully saturated rings. The van der Waals surface area contributed by atoms with Gasteiger partial charge < -0.3 is 25.2 Å². The second-order valence-electron chi connectivity index (χ2n) is 29.7. The van der Waals surface area contributed by atoms with Gasteiger partial charge >= 0.3 is 0 Å². The quantitative estimate of drug-likeness (QED) is 0.0687. The number of benzene rings is 13. The van der Waals surface area contributed by atoms with Gasteiger partial charge in [-0.05, 0) is 179 Å². The summed E-state index contributed by atoms with van der Waals surface area (Å²) in [7, 11) is 0. The molecule has 0 aliphatic carbocycles. The summed E-state index contributed by atoms with van der Waals surface area (Å²) in [6.07, 6.45) is 3.06. The molecule has 0 saturated carbocycles. The molecule has 0 amide bonds. The fourth-order valence-electron chi connectivity index (χ4n) is 16.2. The molecule has 0 unspecified atom stereocenters. The van der Waals surface area contributed by atoms with Crippen LogP contribution in [0.3, 0.4) is 0 Å². The molecule has 3 aromatic heterocycles. The molecule has 2 aliphatic heterocycles. The van der Waals surface area contributed by atoms with Crippen LogP contribution in [0.2, 0.25) is 0 Å². The van der Waals surface area contributed by atoms with Crippen LogP contribution in [-0.2, 0) is 10.8 Å². The molecule has 8 heteroatoms. The normalized spacial score (nSPS) is 13.3. The summed E-state index contributed by atoms with van der Waals surface area (Å²) in [4.78, 5) is 4.91. The van der Waals surface area contributed by atoms with Crippen LogP contribution in [0.1, 0.15) is 74.9 Å². The Balaban J connectivity index is 1.01. The van der Waals surface area contributed by atoms with Crippen molar-refractivity contribution in [3.63, 3.8) is 0 Å². The first-order valence-electron chi connectivity index (χ1n) is 35.7. The van der Waals surface area contributed by atoms with E-state index in [0.29, 0.717) is 11.1 Å². The number of nitrogens with zero attached hydrogens (tertiary/aromatic N) is 3. The van der Waals surface area contributed by atoms with Crippen molar-refractivity contribution in [1.29, 1.82) is 10.8 Å². The van der Waals surface area contributed by atoms with Gasteiger partial charge in [-0.25, -0.2) is 0 Å². The maximum atomic E-state index is 9.83. The van der Waals surface area contributed by atoms with E-state index < -0.39 is 6.71 Å². The monoisotopic (exact) mass is 1370 g/mol. The summed E-state index contributed by atoms with van der Waals surface area (Å²) in [6, 6.07) is 106. The number of nitrogens with one attached hydrogen (secondary N) is 2. The fourth-order valence-corrected chi connectivity index (χ4v) is 18.3. The first-order valence-corrected chi connectivity index (χ1v) is 37.3. The average Bonchev–Trinajstić information content (AvgIpc) is 0.750. The Labute approximate surface area is 615 Å². The molecule has 104 heavy (non-hydrogen) atoms. The molecular formula is C96H74BN5S2. The molecule has 0 bridgehead atoms. The highest BCUT2D eigenvalue weighted by molar-refractivity contribution is 7.26. The minimum atomic E-state index is -0.414. The van der Waals surface area contributed by atoms with Crippen LogP contribution >= 0.6 is 22.7 Å². The van der Waals surface area contributed by atoms with E-state index in [1.54, 1.807) is 0 Å². The van der Waals surface area contributed by atoms with Crippen molar-refractivity contribution in [1.82, 2.24) is 4.57 Å². The zero-order valence-corrected chi connectivity index (χ0v) is 60.7. The standard InChI is InChI=1S/C96H74BN5S2/c1-59(61-25-13-9-14-26-61)93(78(57-98)63-29-17-11-18-30-63)101-84-43-37-67(65-39-45-88-74(49-65)76-53-69(95(3,4)5)41-47-90(76)103-88)51-80(84)97-81-52-68(66-40-46-89-75(50-66)77-54-70(96(6,7)8)42-48-91(77)104-89)38-44-85(81)102(94(60(2)62-27-15-10-16-28-62)79(58-99)64-31-19-12-20-32-64)87-56-71(55-86(101)92(87)97)100-82-35-23-21-33-72(82)73-34-22-24-36-83(73)100/h9-58,98-99H,1-2H2,3-8H3/b93-78-,94-79-,98-57?,99-58?. The topological polar surface area (TPSA) is 59.1 Å². The van der Waals surface area contributed by atoms with Gasteiger partial charge in [-0.1, -0.05) is 261 Å². The van der Waals surface area contributed by atoms with Gasteiger partial charge in [0.2, 0.25) is 0 Å². The van der Waals surface area contributed by atoms with Crippen LogP contribution < -0.4 is 26.2 Å². The number of anilines is 4. The van der Waals surface area contributed by atoms with Gasteiger partial charge in [0.05, 0.1) is 28.1 Å². The molecule has 5 heterocycles. The van der Waals surface area contributed by atoms with Gasteiger partial charge in [-0.2, -0.15) is 0 Å². The lowest BCUT2D eigenvalue weighted by Crippen LogP contribution is -2.62. The lowest BCUT2D eigenvalue weighted by atomic mass is 9.33. The van der Waals surface area contributed by atoms with E-state index in [0.717, 1.165) is 134 Å². The molecule has 16 aromatic rings. The van der Waals surface area contributed by atoms with Crippen LogP contribution in [-0.4, -0.2) is 23.7 Å². The summed E-state index contributed by atoms with van der Waals surface area (Å²) in [5.41, 5.74) is 25.2. The van der Waals surface area contributed by atoms with E-state index >= 15 is 0 Å². The van der Waals surface area contributed by atoms with Gasteiger partial charge in [-0.3, -0.25) is 0 Å². The third-order valence-electron chi connectivity index (χ3n) is 21.5. The number of hydrogen-bond donors (Lipinski definition) is 2. The zero-order chi connectivity index (χ0) is 70.9. The Bertz CT molecular complexity index is 5960. The SMILES string of the molecule is C=C(/C(=C(\C=N)c1ccccc1)N1c2ccc(-c3ccc4sc5ccc(C(C)(C)C)cc5c4c3)cc2B2c3cc(-c4ccc5sc6ccc(C(C)(C)C)cc6c5c4)ccc3N(/C(C(=C)c3ccccc3)=C(/C=N)c3ccccc3)c3cc(-n4c5ccccc5c5ccccc54)cc1c32)c1ccccc1. The predicted octanol–water partition coefficient (Wildman–Crippen LogP) is 24.4. The van der Waals surface area contributed by atoms with Crippen LogP contribution in [0.5, 0.6) is 0 Å². The van der Waals surface area contributed by atoms with Crippen LogP contribution in [0.15, 0.2) is 316 Å². The van der Waals surface area contributed by atoms with Crippen molar-refractivity contribution in [2.45, 2.75) is 52.4 Å². The zero-order valence-electron chi connectivity index (χ0n) is 59.0. The van der Waals surface area contributed by atoms with E-state index in [1.807, 2.05) is 34.8 Å². The van der Waals surface area contributed by atoms with Gasteiger partial charge in [0.15, 0.2) is 0 Å². The number of allylic oxidation sites excluding steroid dienone is 4. The second kappa shape index (κ2) is 25.0. The van der Waals surface area contributed by atoms with Crippen molar-refractivity contribution in [2.24, 2.45) is 0 Å². The molecule has 0 spiro atoms. The highest BCUT2D eigenvalue weighted by Crippen LogP contribution is 2.51.